The zero-order valence-corrected chi connectivity index (χ0v) is 17.8. The van der Waals surface area contributed by atoms with Gasteiger partial charge in [-0.15, -0.1) is 0 Å². The Morgan fingerprint density at radius 3 is 2.70 bits per heavy atom. The van der Waals surface area contributed by atoms with Gasteiger partial charge in [-0.3, -0.25) is 9.69 Å². The Bertz CT molecular complexity index is 1030. The molecule has 0 radical (unpaired) electrons. The zero-order valence-electron chi connectivity index (χ0n) is 17.8. The molecule has 3 aromatic rings. The van der Waals surface area contributed by atoms with Crippen molar-refractivity contribution in [1.29, 1.82) is 0 Å². The van der Waals surface area contributed by atoms with Crippen LogP contribution < -0.4 is 10.1 Å². The number of aryl methyl sites for hydroxylation is 1. The topological polar surface area (TPSA) is 59.4 Å². The molecule has 156 valence electrons. The van der Waals surface area contributed by atoms with Gasteiger partial charge in [0.25, 0.3) is 0 Å². The highest BCUT2D eigenvalue weighted by molar-refractivity contribution is 5.78. The number of para-hydroxylation sites is 2. The Morgan fingerprint density at radius 2 is 1.90 bits per heavy atom. The van der Waals surface area contributed by atoms with Crippen molar-refractivity contribution in [3.8, 4) is 11.4 Å². The van der Waals surface area contributed by atoms with Gasteiger partial charge in [-0.1, -0.05) is 36.4 Å². The van der Waals surface area contributed by atoms with Crippen LogP contribution in [0.2, 0.25) is 0 Å². The quantitative estimate of drug-likeness (QED) is 0.683. The number of hydrogen-bond acceptors (Lipinski definition) is 4. The fourth-order valence-electron chi connectivity index (χ4n) is 4.03. The van der Waals surface area contributed by atoms with Crippen LogP contribution in [0, 0.1) is 13.8 Å². The summed E-state index contributed by atoms with van der Waals surface area (Å²) in [7, 11) is 1.97. The number of nitrogens with zero attached hydrogens (tertiary/aromatic N) is 3. The van der Waals surface area contributed by atoms with Crippen LogP contribution in [0.3, 0.4) is 0 Å². The lowest BCUT2D eigenvalue weighted by Crippen LogP contribution is -2.38. The molecule has 1 N–H and O–H groups in total. The van der Waals surface area contributed by atoms with Gasteiger partial charge in [0, 0.05) is 29.8 Å². The van der Waals surface area contributed by atoms with Crippen molar-refractivity contribution in [3.05, 3.63) is 77.1 Å². The van der Waals surface area contributed by atoms with E-state index in [9.17, 15) is 4.79 Å². The highest BCUT2D eigenvalue weighted by Gasteiger charge is 2.23. The number of nitrogens with one attached hydrogen (secondary N) is 1. The van der Waals surface area contributed by atoms with E-state index in [2.05, 4.69) is 12.2 Å². The number of carbonyl (C=O) groups is 1. The van der Waals surface area contributed by atoms with Crippen LogP contribution in [0.15, 0.2) is 54.6 Å². The summed E-state index contributed by atoms with van der Waals surface area (Å²) in [5.41, 5.74) is 5.34. The number of amides is 1. The molecule has 1 aromatic heterocycles. The lowest BCUT2D eigenvalue weighted by Gasteiger charge is -2.27. The van der Waals surface area contributed by atoms with E-state index >= 15 is 0 Å². The summed E-state index contributed by atoms with van der Waals surface area (Å²) < 4.78 is 7.66. The minimum absolute atomic E-state index is 0.000142. The number of likely N-dealkylation sites (N-methyl/N-ethyl adjacent to an activating group) is 1. The fourth-order valence-corrected chi connectivity index (χ4v) is 4.03. The molecule has 0 saturated carbocycles. The first-order chi connectivity index (χ1) is 14.5. The lowest BCUT2D eigenvalue weighted by molar-refractivity contribution is -0.123. The molecule has 1 amide bonds. The second-order valence-electron chi connectivity index (χ2n) is 7.86. The van der Waals surface area contributed by atoms with E-state index in [1.165, 1.54) is 0 Å². The molecular weight excluding hydrogens is 376 g/mol. The number of ether oxygens (including phenoxy) is 1. The van der Waals surface area contributed by atoms with E-state index in [4.69, 9.17) is 9.84 Å². The third-order valence-corrected chi connectivity index (χ3v) is 5.58. The highest BCUT2D eigenvalue weighted by Crippen LogP contribution is 2.31. The molecule has 1 aliphatic heterocycles. The van der Waals surface area contributed by atoms with Gasteiger partial charge in [0.1, 0.15) is 5.75 Å². The van der Waals surface area contributed by atoms with Crippen molar-refractivity contribution in [2.24, 2.45) is 0 Å². The number of aromatic nitrogens is 2. The van der Waals surface area contributed by atoms with Gasteiger partial charge in [0.15, 0.2) is 0 Å². The maximum Gasteiger partial charge on any atom is 0.234 e. The normalized spacial score (nSPS) is 15.5. The minimum Gasteiger partial charge on any atom is -0.493 e. The monoisotopic (exact) mass is 404 g/mol. The van der Waals surface area contributed by atoms with Gasteiger partial charge in [-0.2, -0.15) is 5.10 Å². The van der Waals surface area contributed by atoms with Crippen LogP contribution in [-0.2, 0) is 11.3 Å². The molecule has 2 heterocycles. The summed E-state index contributed by atoms with van der Waals surface area (Å²) in [5.74, 6) is 0.881. The summed E-state index contributed by atoms with van der Waals surface area (Å²) >= 11 is 0. The lowest BCUT2D eigenvalue weighted by atomic mass is 10.0. The molecular formula is C24H28N4O2. The highest BCUT2D eigenvalue weighted by atomic mass is 16.5. The summed E-state index contributed by atoms with van der Waals surface area (Å²) in [6.07, 6.45) is 0.786. The maximum atomic E-state index is 12.7. The first kappa shape index (κ1) is 20.2. The number of carbonyl (C=O) groups excluding carboxylic acids is 1. The van der Waals surface area contributed by atoms with Gasteiger partial charge < -0.3 is 10.1 Å². The predicted octanol–water partition coefficient (Wildman–Crippen LogP) is 3.56. The Kier molecular flexibility index (Phi) is 5.86. The molecule has 2 aromatic carbocycles. The van der Waals surface area contributed by atoms with Crippen molar-refractivity contribution in [2.75, 3.05) is 20.2 Å². The number of rotatable bonds is 6. The molecule has 4 rings (SSSR count). The average Bonchev–Trinajstić information content (AvgIpc) is 3.03. The van der Waals surface area contributed by atoms with Crippen LogP contribution in [0.5, 0.6) is 5.75 Å². The zero-order chi connectivity index (χ0) is 21.1. The molecule has 6 nitrogen and oxygen atoms in total. The molecule has 0 bridgehead atoms. The Morgan fingerprint density at radius 1 is 1.17 bits per heavy atom. The van der Waals surface area contributed by atoms with E-state index < -0.39 is 0 Å². The molecule has 0 saturated heterocycles. The first-order valence-corrected chi connectivity index (χ1v) is 10.3. The van der Waals surface area contributed by atoms with Crippen LogP contribution in [-0.4, -0.2) is 40.8 Å². The van der Waals surface area contributed by atoms with E-state index in [1.54, 1.807) is 0 Å². The van der Waals surface area contributed by atoms with Gasteiger partial charge in [-0.25, -0.2) is 4.68 Å². The van der Waals surface area contributed by atoms with E-state index in [0.29, 0.717) is 19.7 Å². The molecule has 0 aliphatic carbocycles. The van der Waals surface area contributed by atoms with Crippen molar-refractivity contribution in [1.82, 2.24) is 20.0 Å². The smallest absolute Gasteiger partial charge is 0.234 e. The number of benzene rings is 2. The minimum atomic E-state index is 0.000142. The van der Waals surface area contributed by atoms with Crippen LogP contribution in [0.4, 0.5) is 0 Å². The Balaban J connectivity index is 1.40. The fraction of sp³-hybridized carbons (Fsp3) is 0.333. The Labute approximate surface area is 177 Å². The van der Waals surface area contributed by atoms with E-state index in [-0.39, 0.29) is 11.9 Å². The van der Waals surface area contributed by atoms with Crippen molar-refractivity contribution >= 4 is 5.91 Å². The molecule has 0 fully saturated rings. The van der Waals surface area contributed by atoms with Crippen molar-refractivity contribution in [2.45, 2.75) is 32.9 Å². The summed E-state index contributed by atoms with van der Waals surface area (Å²) in [5, 5.41) is 7.88. The van der Waals surface area contributed by atoms with Gasteiger partial charge in [0.05, 0.1) is 30.6 Å². The molecule has 30 heavy (non-hydrogen) atoms. The van der Waals surface area contributed by atoms with Gasteiger partial charge in [-0.05, 0) is 39.1 Å². The molecule has 1 unspecified atom stereocenters. The SMILES string of the molecule is Cc1nn(-c2ccccc2)c(C)c1CN(C)CC(=O)NC1CCOc2ccccc21. The Hall–Kier alpha value is -3.12. The summed E-state index contributed by atoms with van der Waals surface area (Å²) in [6, 6.07) is 18.0. The average molecular weight is 405 g/mol. The first-order valence-electron chi connectivity index (χ1n) is 10.3. The van der Waals surface area contributed by atoms with Gasteiger partial charge >= 0.3 is 0 Å². The van der Waals surface area contributed by atoms with E-state index in [1.807, 2.05) is 78.2 Å². The van der Waals surface area contributed by atoms with E-state index in [0.717, 1.165) is 40.4 Å². The third-order valence-electron chi connectivity index (χ3n) is 5.58. The maximum absolute atomic E-state index is 12.7. The van der Waals surface area contributed by atoms with Crippen LogP contribution in [0.25, 0.3) is 5.69 Å². The predicted molar refractivity (Wildman–Crippen MR) is 117 cm³/mol. The second kappa shape index (κ2) is 8.71. The standard InChI is InChI=1S/C24H28N4O2/c1-17-21(18(2)28(26-17)19-9-5-4-6-10-19)15-27(3)16-24(29)25-22-13-14-30-23-12-8-7-11-20(22)23/h4-12,22H,13-16H2,1-3H3,(H,25,29). The molecule has 6 heteroatoms. The molecule has 1 aliphatic rings. The number of fused-ring (bicyclic) bond motifs is 1. The molecule has 1 atom stereocenters. The van der Waals surface area contributed by atoms with Crippen LogP contribution in [0.1, 0.15) is 35.0 Å². The molecule has 0 spiro atoms. The van der Waals surface area contributed by atoms with Crippen LogP contribution >= 0.6 is 0 Å². The van der Waals surface area contributed by atoms with Gasteiger partial charge in [0.2, 0.25) is 5.91 Å². The second-order valence-corrected chi connectivity index (χ2v) is 7.86. The van der Waals surface area contributed by atoms with Crippen molar-refractivity contribution < 1.29 is 9.53 Å². The number of hydrogen-bond donors (Lipinski definition) is 1. The summed E-state index contributed by atoms with van der Waals surface area (Å²) in [6.45, 7) is 5.72. The third kappa shape index (κ3) is 4.24. The largest absolute Gasteiger partial charge is 0.493 e. The summed E-state index contributed by atoms with van der Waals surface area (Å²) in [4.78, 5) is 14.7. The van der Waals surface area contributed by atoms with Crippen molar-refractivity contribution in [3.63, 3.8) is 0 Å².